The predicted octanol–water partition coefficient (Wildman–Crippen LogP) is 4.95. The predicted molar refractivity (Wildman–Crippen MR) is 114 cm³/mol. The summed E-state index contributed by atoms with van der Waals surface area (Å²) in [4.78, 5) is 11.1. The molecule has 0 fully saturated rings. The molecule has 0 heterocycles. The van der Waals surface area contributed by atoms with Crippen molar-refractivity contribution in [3.05, 3.63) is 90.0 Å². The van der Waals surface area contributed by atoms with Crippen molar-refractivity contribution in [3.8, 4) is 11.1 Å². The standard InChI is InChI=1S/C23H21ClO4S/c1-23(24,22(25)28-16-17-9-5-3-6-10-17)20-14-13-19(15-21(20)29(2,26)27)18-11-7-4-8-12-18/h3-15H,16H2,1-2H3. The lowest BCUT2D eigenvalue weighted by molar-refractivity contribution is -0.148. The van der Waals surface area contributed by atoms with Gasteiger partial charge in [-0.3, -0.25) is 0 Å². The number of carbonyl (C=O) groups excluding carboxylic acids is 1. The van der Waals surface area contributed by atoms with Crippen molar-refractivity contribution in [3.63, 3.8) is 0 Å². The monoisotopic (exact) mass is 428 g/mol. The Morgan fingerprint density at radius 1 is 0.931 bits per heavy atom. The maximum absolute atomic E-state index is 12.7. The van der Waals surface area contributed by atoms with Crippen molar-refractivity contribution >= 4 is 27.4 Å². The molecule has 0 aliphatic rings. The third kappa shape index (κ3) is 4.86. The third-order valence-electron chi connectivity index (χ3n) is 4.59. The van der Waals surface area contributed by atoms with Gasteiger partial charge in [0.05, 0.1) is 4.90 Å². The van der Waals surface area contributed by atoms with Crippen molar-refractivity contribution < 1.29 is 17.9 Å². The van der Waals surface area contributed by atoms with Gasteiger partial charge in [-0.1, -0.05) is 72.8 Å². The average Bonchev–Trinajstić information content (AvgIpc) is 2.72. The molecule has 0 saturated heterocycles. The number of sulfone groups is 1. The third-order valence-corrected chi connectivity index (χ3v) is 6.08. The highest BCUT2D eigenvalue weighted by Gasteiger charge is 2.38. The van der Waals surface area contributed by atoms with E-state index in [0.29, 0.717) is 0 Å². The van der Waals surface area contributed by atoms with Gasteiger partial charge in [0.1, 0.15) is 6.61 Å². The largest absolute Gasteiger partial charge is 0.459 e. The molecule has 29 heavy (non-hydrogen) atoms. The fraction of sp³-hybridized carbons (Fsp3) is 0.174. The zero-order chi connectivity index (χ0) is 21.1. The number of alkyl halides is 1. The van der Waals surface area contributed by atoms with Gasteiger partial charge in [-0.15, -0.1) is 11.6 Å². The molecule has 6 heteroatoms. The molecule has 0 N–H and O–H groups in total. The average molecular weight is 429 g/mol. The van der Waals surface area contributed by atoms with E-state index >= 15 is 0 Å². The van der Waals surface area contributed by atoms with Crippen LogP contribution >= 0.6 is 11.6 Å². The van der Waals surface area contributed by atoms with Gasteiger partial charge >= 0.3 is 5.97 Å². The van der Waals surface area contributed by atoms with Crippen molar-refractivity contribution in [2.45, 2.75) is 23.3 Å². The van der Waals surface area contributed by atoms with Gasteiger partial charge in [0, 0.05) is 11.8 Å². The molecular formula is C23H21ClO4S. The first-order valence-corrected chi connectivity index (χ1v) is 11.3. The van der Waals surface area contributed by atoms with E-state index in [9.17, 15) is 13.2 Å². The highest BCUT2D eigenvalue weighted by Crippen LogP contribution is 2.37. The first-order valence-electron chi connectivity index (χ1n) is 8.99. The molecule has 4 nitrogen and oxygen atoms in total. The number of hydrogen-bond acceptors (Lipinski definition) is 4. The number of ether oxygens (including phenoxy) is 1. The lowest BCUT2D eigenvalue weighted by Crippen LogP contribution is -2.30. The first kappa shape index (κ1) is 21.1. The molecular weight excluding hydrogens is 408 g/mol. The Morgan fingerprint density at radius 2 is 1.52 bits per heavy atom. The Bertz CT molecular complexity index is 1110. The molecule has 3 rings (SSSR count). The minimum Gasteiger partial charge on any atom is -0.459 e. The number of esters is 1. The van der Waals surface area contributed by atoms with Gasteiger partial charge in [-0.2, -0.15) is 0 Å². The van der Waals surface area contributed by atoms with Gasteiger partial charge < -0.3 is 4.74 Å². The van der Waals surface area contributed by atoms with Crippen LogP contribution in [0.4, 0.5) is 0 Å². The minimum absolute atomic E-state index is 0.00742. The summed E-state index contributed by atoms with van der Waals surface area (Å²) in [6.45, 7) is 1.51. The second kappa shape index (κ2) is 8.39. The van der Waals surface area contributed by atoms with E-state index < -0.39 is 20.7 Å². The SMILES string of the molecule is CC(Cl)(C(=O)OCc1ccccc1)c1ccc(-c2ccccc2)cc1S(C)(=O)=O. The van der Waals surface area contributed by atoms with Crippen molar-refractivity contribution in [2.24, 2.45) is 0 Å². The van der Waals surface area contributed by atoms with E-state index in [2.05, 4.69) is 0 Å². The topological polar surface area (TPSA) is 60.4 Å². The van der Waals surface area contributed by atoms with Crippen molar-refractivity contribution in [1.29, 1.82) is 0 Å². The number of halogens is 1. The van der Waals surface area contributed by atoms with Crippen LogP contribution in [0, 0.1) is 0 Å². The quantitative estimate of drug-likeness (QED) is 0.411. The molecule has 0 bridgehead atoms. The van der Waals surface area contributed by atoms with Crippen molar-refractivity contribution in [2.75, 3.05) is 6.26 Å². The molecule has 0 aliphatic carbocycles. The van der Waals surface area contributed by atoms with Crippen LogP contribution < -0.4 is 0 Å². The van der Waals surface area contributed by atoms with E-state index in [1.165, 1.54) is 6.92 Å². The summed E-state index contributed by atoms with van der Waals surface area (Å²) < 4.78 is 30.3. The van der Waals surface area contributed by atoms with E-state index in [0.717, 1.165) is 22.9 Å². The molecule has 0 aliphatic heterocycles. The fourth-order valence-electron chi connectivity index (χ4n) is 3.00. The van der Waals surface area contributed by atoms with Crippen LogP contribution in [0.5, 0.6) is 0 Å². The molecule has 0 radical (unpaired) electrons. The van der Waals surface area contributed by atoms with Crippen LogP contribution in [0.1, 0.15) is 18.1 Å². The van der Waals surface area contributed by atoms with Crippen molar-refractivity contribution in [1.82, 2.24) is 0 Å². The summed E-state index contributed by atoms with van der Waals surface area (Å²) in [5, 5.41) is 0. The Balaban J connectivity index is 1.96. The second-order valence-corrected chi connectivity index (χ2v) is 9.65. The summed E-state index contributed by atoms with van der Waals surface area (Å²) in [5.41, 5.74) is 2.60. The van der Waals surface area contributed by atoms with E-state index in [1.54, 1.807) is 18.2 Å². The van der Waals surface area contributed by atoms with Gasteiger partial charge in [0.25, 0.3) is 0 Å². The van der Waals surface area contributed by atoms with Gasteiger partial charge in [0.2, 0.25) is 0 Å². The van der Waals surface area contributed by atoms with Crippen LogP contribution in [-0.4, -0.2) is 20.6 Å². The zero-order valence-electron chi connectivity index (χ0n) is 16.1. The lowest BCUT2D eigenvalue weighted by atomic mass is 9.96. The molecule has 0 aromatic heterocycles. The lowest BCUT2D eigenvalue weighted by Gasteiger charge is -2.23. The highest BCUT2D eigenvalue weighted by molar-refractivity contribution is 7.90. The number of hydrogen-bond donors (Lipinski definition) is 0. The summed E-state index contributed by atoms with van der Waals surface area (Å²) in [6.07, 6.45) is 1.10. The highest BCUT2D eigenvalue weighted by atomic mass is 35.5. The summed E-state index contributed by atoms with van der Waals surface area (Å²) in [5.74, 6) is -0.708. The normalized spacial score (nSPS) is 13.5. The second-order valence-electron chi connectivity index (χ2n) is 6.91. The van der Waals surface area contributed by atoms with Crippen LogP contribution in [0.25, 0.3) is 11.1 Å². The molecule has 1 atom stereocenters. The van der Waals surface area contributed by atoms with Gasteiger partial charge in [0.15, 0.2) is 14.7 Å². The molecule has 150 valence electrons. The Morgan fingerprint density at radius 3 is 2.10 bits per heavy atom. The summed E-state index contributed by atoms with van der Waals surface area (Å²) in [6, 6.07) is 23.5. The number of benzene rings is 3. The van der Waals surface area contributed by atoms with Crippen LogP contribution in [0.2, 0.25) is 0 Å². The molecule has 3 aromatic carbocycles. The molecule has 3 aromatic rings. The van der Waals surface area contributed by atoms with E-state index in [-0.39, 0.29) is 17.1 Å². The minimum atomic E-state index is -3.64. The maximum Gasteiger partial charge on any atom is 0.331 e. The molecule has 0 saturated carbocycles. The van der Waals surface area contributed by atoms with Gasteiger partial charge in [-0.25, -0.2) is 13.2 Å². The molecule has 0 amide bonds. The van der Waals surface area contributed by atoms with Crippen LogP contribution in [0.3, 0.4) is 0 Å². The van der Waals surface area contributed by atoms with E-state index in [1.807, 2.05) is 60.7 Å². The molecule has 1 unspecified atom stereocenters. The molecule has 0 spiro atoms. The van der Waals surface area contributed by atoms with Gasteiger partial charge in [-0.05, 0) is 29.7 Å². The number of carbonyl (C=O) groups is 1. The fourth-order valence-corrected chi connectivity index (χ4v) is 4.28. The maximum atomic E-state index is 12.7. The Hall–Kier alpha value is -2.63. The Labute approximate surface area is 176 Å². The zero-order valence-corrected chi connectivity index (χ0v) is 17.7. The number of rotatable bonds is 6. The smallest absolute Gasteiger partial charge is 0.331 e. The summed E-state index contributed by atoms with van der Waals surface area (Å²) in [7, 11) is -3.64. The summed E-state index contributed by atoms with van der Waals surface area (Å²) >= 11 is 6.55. The first-order chi connectivity index (χ1) is 13.7. The van der Waals surface area contributed by atoms with E-state index in [4.69, 9.17) is 16.3 Å². The Kier molecular flexibility index (Phi) is 6.10. The van der Waals surface area contributed by atoms with Crippen LogP contribution in [-0.2, 0) is 30.8 Å². The van der Waals surface area contributed by atoms with Crippen LogP contribution in [0.15, 0.2) is 83.8 Å².